The van der Waals surface area contributed by atoms with Crippen LogP contribution < -0.4 is 20.7 Å². The van der Waals surface area contributed by atoms with Gasteiger partial charge in [-0.3, -0.25) is 14.9 Å². The van der Waals surface area contributed by atoms with Crippen LogP contribution in [0.25, 0.3) is 17.0 Å². The monoisotopic (exact) mass is 641 g/mol. The van der Waals surface area contributed by atoms with Gasteiger partial charge in [0.25, 0.3) is 5.91 Å². The number of benzene rings is 3. The Morgan fingerprint density at radius 3 is 2.54 bits per heavy atom. The van der Waals surface area contributed by atoms with E-state index in [1.165, 1.54) is 6.08 Å². The van der Waals surface area contributed by atoms with Crippen molar-refractivity contribution in [3.8, 4) is 5.75 Å². The first kappa shape index (κ1) is 26.6. The predicted molar refractivity (Wildman–Crippen MR) is 157 cm³/mol. The first-order chi connectivity index (χ1) is 17.7. The van der Waals surface area contributed by atoms with Gasteiger partial charge in [0.15, 0.2) is 10.9 Å². The van der Waals surface area contributed by atoms with Gasteiger partial charge in [0.1, 0.15) is 11.3 Å². The van der Waals surface area contributed by atoms with E-state index in [9.17, 15) is 9.59 Å². The second kappa shape index (κ2) is 11.7. The maximum atomic E-state index is 12.7. The fourth-order valence-corrected chi connectivity index (χ4v) is 5.20. The molecule has 0 aliphatic rings. The Labute approximate surface area is 235 Å². The Hall–Kier alpha value is -3.47. The van der Waals surface area contributed by atoms with E-state index in [1.807, 2.05) is 49.4 Å². The Bertz CT molecular complexity index is 1520. The molecule has 1 heterocycles. The minimum atomic E-state index is -0.401. The number of nitrogens with one attached hydrogen (secondary N) is 3. The SMILES string of the molecule is COc1c(Br)cc(Br)cc1/C=C/C(=O)NC(=S)Nc1ccc(NC(=O)c2cc3ccccc3o2)c(C)c1. The van der Waals surface area contributed by atoms with Crippen molar-refractivity contribution < 1.29 is 18.7 Å². The largest absolute Gasteiger partial charge is 0.495 e. The lowest BCUT2D eigenvalue weighted by Gasteiger charge is -2.12. The third-order valence-corrected chi connectivity index (χ3v) is 6.53. The molecule has 0 aliphatic heterocycles. The molecular weight excluding hydrogens is 622 g/mol. The van der Waals surface area contributed by atoms with Crippen molar-refractivity contribution in [2.75, 3.05) is 17.7 Å². The summed E-state index contributed by atoms with van der Waals surface area (Å²) in [6, 6.07) is 18.1. The van der Waals surface area contributed by atoms with Gasteiger partial charge in [-0.25, -0.2) is 0 Å². The number of hydrogen-bond acceptors (Lipinski definition) is 5. The quantitative estimate of drug-likeness (QED) is 0.154. The molecule has 2 amide bonds. The minimum Gasteiger partial charge on any atom is -0.495 e. The van der Waals surface area contributed by atoms with Crippen molar-refractivity contribution in [1.29, 1.82) is 0 Å². The van der Waals surface area contributed by atoms with E-state index in [0.29, 0.717) is 28.3 Å². The molecule has 3 N–H and O–H groups in total. The van der Waals surface area contributed by atoms with Gasteiger partial charge in [0.2, 0.25) is 5.91 Å². The van der Waals surface area contributed by atoms with Crippen molar-refractivity contribution >= 4 is 89.4 Å². The Morgan fingerprint density at radius 1 is 1.03 bits per heavy atom. The fraction of sp³-hybridized carbons (Fsp3) is 0.0741. The summed E-state index contributed by atoms with van der Waals surface area (Å²) in [6.07, 6.45) is 3.00. The molecule has 0 radical (unpaired) electrons. The number of furan rings is 1. The summed E-state index contributed by atoms with van der Waals surface area (Å²) in [6.45, 7) is 1.85. The first-order valence-electron chi connectivity index (χ1n) is 11.0. The number of rotatable bonds is 6. The second-order valence-corrected chi connectivity index (χ2v) is 10.1. The molecule has 37 heavy (non-hydrogen) atoms. The van der Waals surface area contributed by atoms with Gasteiger partial charge in [-0.1, -0.05) is 34.1 Å². The third kappa shape index (κ3) is 6.65. The lowest BCUT2D eigenvalue weighted by atomic mass is 10.1. The van der Waals surface area contributed by atoms with Crippen LogP contribution >= 0.6 is 44.1 Å². The third-order valence-electron chi connectivity index (χ3n) is 5.27. The van der Waals surface area contributed by atoms with Crippen LogP contribution in [-0.2, 0) is 4.79 Å². The number of methoxy groups -OCH3 is 1. The Kier molecular flexibility index (Phi) is 8.42. The van der Waals surface area contributed by atoms with Gasteiger partial charge >= 0.3 is 0 Å². The van der Waals surface area contributed by atoms with Crippen LogP contribution in [0.15, 0.2) is 80.1 Å². The van der Waals surface area contributed by atoms with Gasteiger partial charge in [0, 0.05) is 32.9 Å². The van der Waals surface area contributed by atoms with E-state index in [2.05, 4.69) is 47.8 Å². The van der Waals surface area contributed by atoms with Crippen LogP contribution in [0.4, 0.5) is 11.4 Å². The standard InChI is InChI=1S/C27H21Br2N3O4S/c1-15-11-19(8-9-21(15)31-26(34)23-13-16-5-3-4-6-22(16)36-23)30-27(37)32-24(33)10-7-17-12-18(28)14-20(29)25(17)35-2/h3-14H,1-2H3,(H,31,34)(H2,30,32,33,37)/b10-7+. The molecule has 3 aromatic carbocycles. The molecule has 0 saturated carbocycles. The predicted octanol–water partition coefficient (Wildman–Crippen LogP) is 7.05. The average molecular weight is 643 g/mol. The summed E-state index contributed by atoms with van der Waals surface area (Å²) in [5, 5.41) is 9.45. The number of hydrogen-bond donors (Lipinski definition) is 3. The highest BCUT2D eigenvalue weighted by Gasteiger charge is 2.14. The summed E-state index contributed by atoms with van der Waals surface area (Å²) in [5.41, 5.74) is 3.46. The van der Waals surface area contributed by atoms with Crippen molar-refractivity contribution in [1.82, 2.24) is 5.32 Å². The van der Waals surface area contributed by atoms with Crippen LogP contribution in [0.2, 0.25) is 0 Å². The lowest BCUT2D eigenvalue weighted by molar-refractivity contribution is -0.115. The smallest absolute Gasteiger partial charge is 0.291 e. The highest BCUT2D eigenvalue weighted by Crippen LogP contribution is 2.33. The normalized spacial score (nSPS) is 10.9. The Morgan fingerprint density at radius 2 is 1.81 bits per heavy atom. The summed E-state index contributed by atoms with van der Waals surface area (Å²) in [4.78, 5) is 25.0. The highest BCUT2D eigenvalue weighted by molar-refractivity contribution is 9.11. The molecule has 0 atom stereocenters. The van der Waals surface area contributed by atoms with Crippen molar-refractivity contribution in [3.63, 3.8) is 0 Å². The van der Waals surface area contributed by atoms with Gasteiger partial charge in [-0.15, -0.1) is 0 Å². The first-order valence-corrected chi connectivity index (χ1v) is 13.0. The summed E-state index contributed by atoms with van der Waals surface area (Å²) >= 11 is 12.1. The molecule has 0 saturated heterocycles. The van der Waals surface area contributed by atoms with Gasteiger partial charge < -0.3 is 19.8 Å². The van der Waals surface area contributed by atoms with E-state index < -0.39 is 5.91 Å². The number of halogens is 2. The van der Waals surface area contributed by atoms with E-state index in [0.717, 1.165) is 19.9 Å². The van der Waals surface area contributed by atoms with Crippen LogP contribution in [0.1, 0.15) is 21.7 Å². The zero-order valence-corrected chi connectivity index (χ0v) is 23.7. The molecule has 0 unspecified atom stereocenters. The molecular formula is C27H21Br2N3O4S. The average Bonchev–Trinajstić information content (AvgIpc) is 3.28. The van der Waals surface area contributed by atoms with Crippen molar-refractivity contribution in [2.24, 2.45) is 0 Å². The van der Waals surface area contributed by atoms with Crippen LogP contribution in [-0.4, -0.2) is 24.0 Å². The number of para-hydroxylation sites is 1. The zero-order valence-electron chi connectivity index (χ0n) is 19.7. The molecule has 0 fully saturated rings. The van der Waals surface area contributed by atoms with Crippen molar-refractivity contribution in [3.05, 3.63) is 92.6 Å². The Balaban J connectivity index is 1.36. The van der Waals surface area contributed by atoms with E-state index in [4.69, 9.17) is 21.4 Å². The highest BCUT2D eigenvalue weighted by atomic mass is 79.9. The summed E-state index contributed by atoms with van der Waals surface area (Å²) < 4.78 is 12.6. The van der Waals surface area contributed by atoms with Crippen LogP contribution in [0.5, 0.6) is 5.75 Å². The van der Waals surface area contributed by atoms with Gasteiger partial charge in [-0.2, -0.15) is 0 Å². The summed E-state index contributed by atoms with van der Waals surface area (Å²) in [7, 11) is 1.56. The number of ether oxygens (including phenoxy) is 1. The van der Waals surface area contributed by atoms with E-state index in [-0.39, 0.29) is 16.8 Å². The number of amides is 2. The fourth-order valence-electron chi connectivity index (χ4n) is 3.56. The van der Waals surface area contributed by atoms with E-state index >= 15 is 0 Å². The zero-order chi connectivity index (χ0) is 26.5. The molecule has 4 aromatic rings. The van der Waals surface area contributed by atoms with Crippen LogP contribution in [0, 0.1) is 6.92 Å². The summed E-state index contributed by atoms with van der Waals surface area (Å²) in [5.74, 6) is 0.0919. The number of fused-ring (bicyclic) bond motifs is 1. The molecule has 4 rings (SSSR count). The minimum absolute atomic E-state index is 0.135. The maximum Gasteiger partial charge on any atom is 0.291 e. The number of carbonyl (C=O) groups is 2. The molecule has 0 bridgehead atoms. The number of aryl methyl sites for hydroxylation is 1. The lowest BCUT2D eigenvalue weighted by Crippen LogP contribution is -2.32. The maximum absolute atomic E-state index is 12.7. The van der Waals surface area contributed by atoms with Gasteiger partial charge in [0.05, 0.1) is 11.6 Å². The molecule has 0 aliphatic carbocycles. The topological polar surface area (TPSA) is 92.6 Å². The second-order valence-electron chi connectivity index (χ2n) is 7.92. The molecule has 1 aromatic heterocycles. The number of carbonyl (C=O) groups excluding carboxylic acids is 2. The van der Waals surface area contributed by atoms with Crippen molar-refractivity contribution in [2.45, 2.75) is 6.92 Å². The molecule has 7 nitrogen and oxygen atoms in total. The van der Waals surface area contributed by atoms with Gasteiger partial charge in [-0.05, 0) is 89.2 Å². The van der Waals surface area contributed by atoms with E-state index in [1.54, 1.807) is 31.4 Å². The molecule has 0 spiro atoms. The van der Waals surface area contributed by atoms with Crippen LogP contribution in [0.3, 0.4) is 0 Å². The molecule has 188 valence electrons. The number of thiocarbonyl (C=S) groups is 1. The number of anilines is 2. The molecule has 10 heteroatoms.